The van der Waals surface area contributed by atoms with Crippen LogP contribution in [0.1, 0.15) is 58.2 Å². The van der Waals surface area contributed by atoms with E-state index in [2.05, 4.69) is 15.5 Å². The van der Waals surface area contributed by atoms with Crippen LogP contribution in [0.4, 0.5) is 0 Å². The quantitative estimate of drug-likeness (QED) is 0.805. The standard InChI is InChI=1S/C16H25N3O4S/c1-15(2,3)13-17-12(23-19-13)6-4-5-11(20)18-16(14(21)22)7-9-24-10-8-16/h4-10H2,1-3H3,(H,18,20)(H,21,22). The van der Waals surface area contributed by atoms with Crippen LogP contribution in [0.3, 0.4) is 0 Å². The maximum atomic E-state index is 12.1. The van der Waals surface area contributed by atoms with Crippen molar-refractivity contribution in [2.24, 2.45) is 0 Å². The van der Waals surface area contributed by atoms with Gasteiger partial charge in [-0.25, -0.2) is 4.79 Å². The zero-order valence-electron chi connectivity index (χ0n) is 14.4. The number of nitrogens with one attached hydrogen (secondary N) is 1. The van der Waals surface area contributed by atoms with E-state index in [0.29, 0.717) is 37.4 Å². The van der Waals surface area contributed by atoms with E-state index < -0.39 is 11.5 Å². The zero-order valence-corrected chi connectivity index (χ0v) is 15.2. The lowest BCUT2D eigenvalue weighted by Crippen LogP contribution is -2.56. The smallest absolute Gasteiger partial charge is 0.329 e. The molecular formula is C16H25N3O4S. The van der Waals surface area contributed by atoms with Crippen LogP contribution >= 0.6 is 11.8 Å². The Morgan fingerprint density at radius 3 is 2.54 bits per heavy atom. The molecule has 2 heterocycles. The fraction of sp³-hybridized carbons (Fsp3) is 0.750. The van der Waals surface area contributed by atoms with Gasteiger partial charge in [-0.1, -0.05) is 25.9 Å². The Labute approximate surface area is 146 Å². The van der Waals surface area contributed by atoms with Crippen LogP contribution in [0.15, 0.2) is 4.52 Å². The Kier molecular flexibility index (Phi) is 5.90. The molecule has 1 fully saturated rings. The lowest BCUT2D eigenvalue weighted by Gasteiger charge is -2.33. The largest absolute Gasteiger partial charge is 0.480 e. The predicted octanol–water partition coefficient (Wildman–Crippen LogP) is 2.16. The van der Waals surface area contributed by atoms with E-state index in [1.807, 2.05) is 20.8 Å². The van der Waals surface area contributed by atoms with Crippen LogP contribution in [-0.2, 0) is 21.4 Å². The third-order valence-electron chi connectivity index (χ3n) is 4.07. The molecule has 1 aliphatic heterocycles. The number of aliphatic carboxylic acids is 1. The molecule has 1 aromatic heterocycles. The van der Waals surface area contributed by atoms with Crippen molar-refractivity contribution in [3.63, 3.8) is 0 Å². The summed E-state index contributed by atoms with van der Waals surface area (Å²) in [6, 6.07) is 0. The first kappa shape index (κ1) is 18.8. The molecule has 1 saturated heterocycles. The molecule has 2 N–H and O–H groups in total. The first-order valence-electron chi connectivity index (χ1n) is 8.18. The van der Waals surface area contributed by atoms with Crippen molar-refractivity contribution >= 4 is 23.6 Å². The molecule has 0 aliphatic carbocycles. The van der Waals surface area contributed by atoms with Gasteiger partial charge < -0.3 is 14.9 Å². The lowest BCUT2D eigenvalue weighted by molar-refractivity contribution is -0.148. The van der Waals surface area contributed by atoms with E-state index in [4.69, 9.17) is 4.52 Å². The average Bonchev–Trinajstić information content (AvgIpc) is 2.97. The lowest BCUT2D eigenvalue weighted by atomic mass is 9.92. The van der Waals surface area contributed by atoms with Gasteiger partial charge in [0.1, 0.15) is 5.54 Å². The predicted molar refractivity (Wildman–Crippen MR) is 91.0 cm³/mol. The Morgan fingerprint density at radius 1 is 1.33 bits per heavy atom. The second-order valence-corrected chi connectivity index (χ2v) is 8.39. The molecule has 0 radical (unpaired) electrons. The van der Waals surface area contributed by atoms with E-state index in [0.717, 1.165) is 11.5 Å². The van der Waals surface area contributed by atoms with E-state index in [-0.39, 0.29) is 17.7 Å². The Bertz CT molecular complexity index is 588. The van der Waals surface area contributed by atoms with Gasteiger partial charge in [-0.2, -0.15) is 16.7 Å². The third kappa shape index (κ3) is 4.72. The van der Waals surface area contributed by atoms with Crippen molar-refractivity contribution in [2.45, 2.75) is 63.8 Å². The summed E-state index contributed by atoms with van der Waals surface area (Å²) in [5.41, 5.74) is -1.28. The summed E-state index contributed by atoms with van der Waals surface area (Å²) in [6.45, 7) is 6.01. The molecule has 1 aromatic rings. The molecule has 2 rings (SSSR count). The van der Waals surface area contributed by atoms with Crippen molar-refractivity contribution in [3.8, 4) is 0 Å². The monoisotopic (exact) mass is 355 g/mol. The molecule has 0 atom stereocenters. The first-order valence-corrected chi connectivity index (χ1v) is 9.34. The second-order valence-electron chi connectivity index (χ2n) is 7.16. The molecule has 134 valence electrons. The van der Waals surface area contributed by atoms with Gasteiger partial charge in [0.2, 0.25) is 11.8 Å². The normalized spacial score (nSPS) is 17.5. The number of thioether (sulfide) groups is 1. The highest BCUT2D eigenvalue weighted by Gasteiger charge is 2.41. The molecule has 1 aliphatic rings. The summed E-state index contributed by atoms with van der Waals surface area (Å²) in [5, 5.41) is 16.1. The molecule has 0 aromatic carbocycles. The highest BCUT2D eigenvalue weighted by Crippen LogP contribution is 2.27. The molecule has 7 nitrogen and oxygen atoms in total. The average molecular weight is 355 g/mol. The number of hydrogen-bond acceptors (Lipinski definition) is 6. The van der Waals surface area contributed by atoms with Crippen LogP contribution in [0.25, 0.3) is 0 Å². The highest BCUT2D eigenvalue weighted by molar-refractivity contribution is 7.99. The number of nitrogens with zero attached hydrogens (tertiary/aromatic N) is 2. The Morgan fingerprint density at radius 2 is 2.00 bits per heavy atom. The number of carbonyl (C=O) groups is 2. The van der Waals surface area contributed by atoms with Crippen LogP contribution in [0.2, 0.25) is 0 Å². The van der Waals surface area contributed by atoms with Crippen LogP contribution in [0, 0.1) is 0 Å². The topological polar surface area (TPSA) is 105 Å². The van der Waals surface area contributed by atoms with Gasteiger partial charge in [-0.3, -0.25) is 4.79 Å². The summed E-state index contributed by atoms with van der Waals surface area (Å²) in [6.07, 6.45) is 2.23. The summed E-state index contributed by atoms with van der Waals surface area (Å²) in [5.74, 6) is 1.48. The molecule has 24 heavy (non-hydrogen) atoms. The van der Waals surface area contributed by atoms with E-state index in [1.54, 1.807) is 11.8 Å². The van der Waals surface area contributed by atoms with Gasteiger partial charge in [0.25, 0.3) is 0 Å². The van der Waals surface area contributed by atoms with Gasteiger partial charge in [0.15, 0.2) is 5.82 Å². The van der Waals surface area contributed by atoms with Gasteiger partial charge in [0.05, 0.1) is 0 Å². The van der Waals surface area contributed by atoms with E-state index >= 15 is 0 Å². The minimum atomic E-state index is -1.10. The maximum absolute atomic E-state index is 12.1. The van der Waals surface area contributed by atoms with Gasteiger partial charge in [0, 0.05) is 18.3 Å². The summed E-state index contributed by atoms with van der Waals surface area (Å²) in [4.78, 5) is 28.0. The SMILES string of the molecule is CC(C)(C)c1noc(CCCC(=O)NC2(C(=O)O)CCSCC2)n1. The van der Waals surface area contributed by atoms with Crippen molar-refractivity contribution in [1.29, 1.82) is 0 Å². The number of amides is 1. The molecule has 0 bridgehead atoms. The summed E-state index contributed by atoms with van der Waals surface area (Å²) in [7, 11) is 0. The number of aromatic nitrogens is 2. The van der Waals surface area contributed by atoms with Crippen LogP contribution in [0.5, 0.6) is 0 Å². The fourth-order valence-electron chi connectivity index (χ4n) is 2.50. The molecule has 0 saturated carbocycles. The van der Waals surface area contributed by atoms with E-state index in [1.165, 1.54) is 0 Å². The number of carboxylic acids is 1. The van der Waals surface area contributed by atoms with Gasteiger partial charge in [-0.15, -0.1) is 0 Å². The van der Waals surface area contributed by atoms with Crippen molar-refractivity contribution in [3.05, 3.63) is 11.7 Å². The highest BCUT2D eigenvalue weighted by atomic mass is 32.2. The van der Waals surface area contributed by atoms with Crippen molar-refractivity contribution in [1.82, 2.24) is 15.5 Å². The van der Waals surface area contributed by atoms with Crippen LogP contribution in [-0.4, -0.2) is 44.2 Å². The number of carboxylic acid groups (broad SMARTS) is 1. The fourth-order valence-corrected chi connectivity index (χ4v) is 3.69. The van der Waals surface area contributed by atoms with Gasteiger partial charge >= 0.3 is 5.97 Å². The van der Waals surface area contributed by atoms with E-state index in [9.17, 15) is 14.7 Å². The second kappa shape index (κ2) is 7.55. The molecule has 1 amide bonds. The third-order valence-corrected chi connectivity index (χ3v) is 5.05. The van der Waals surface area contributed by atoms with Crippen molar-refractivity contribution < 1.29 is 19.2 Å². The number of hydrogen-bond donors (Lipinski definition) is 2. The zero-order chi connectivity index (χ0) is 17.8. The molecule has 0 spiro atoms. The maximum Gasteiger partial charge on any atom is 0.329 e. The van der Waals surface area contributed by atoms with Crippen molar-refractivity contribution in [2.75, 3.05) is 11.5 Å². The molecule has 0 unspecified atom stereocenters. The molecular weight excluding hydrogens is 330 g/mol. The van der Waals surface area contributed by atoms with Crippen LogP contribution < -0.4 is 5.32 Å². The molecule has 8 heteroatoms. The number of carbonyl (C=O) groups excluding carboxylic acids is 1. The Hall–Kier alpha value is -1.57. The number of rotatable bonds is 6. The minimum Gasteiger partial charge on any atom is -0.480 e. The summed E-state index contributed by atoms with van der Waals surface area (Å²) >= 11 is 1.72. The van der Waals surface area contributed by atoms with Gasteiger partial charge in [-0.05, 0) is 30.8 Å². The first-order chi connectivity index (χ1) is 11.2. The minimum absolute atomic E-state index is 0.175. The Balaban J connectivity index is 1.82. The summed E-state index contributed by atoms with van der Waals surface area (Å²) < 4.78 is 5.19. The number of aryl methyl sites for hydroxylation is 1.